The third-order valence-electron chi connectivity index (χ3n) is 3.32. The first-order valence-electron chi connectivity index (χ1n) is 6.26. The first-order chi connectivity index (χ1) is 8.97. The Morgan fingerprint density at radius 2 is 1.79 bits per heavy atom. The van der Waals surface area contributed by atoms with Crippen LogP contribution < -0.4 is 5.32 Å². The van der Waals surface area contributed by atoms with E-state index in [-0.39, 0.29) is 11.9 Å². The van der Waals surface area contributed by atoms with E-state index >= 15 is 0 Å². The van der Waals surface area contributed by atoms with E-state index in [1.54, 1.807) is 6.07 Å². The van der Waals surface area contributed by atoms with Crippen molar-refractivity contribution >= 4 is 17.3 Å². The minimum atomic E-state index is -0.313. The topological polar surface area (TPSA) is 12.0 Å². The van der Waals surface area contributed by atoms with E-state index < -0.39 is 0 Å². The largest absolute Gasteiger partial charge is 0.378 e. The Bertz CT molecular complexity index is 595. The Hall–Kier alpha value is -1.54. The van der Waals surface area contributed by atoms with Crippen LogP contribution in [0.1, 0.15) is 29.7 Å². The molecule has 100 valence electrons. The van der Waals surface area contributed by atoms with Crippen LogP contribution in [0.4, 0.5) is 10.1 Å². The molecule has 2 aromatic carbocycles. The van der Waals surface area contributed by atoms with Gasteiger partial charge in [0.2, 0.25) is 0 Å². The van der Waals surface area contributed by atoms with Gasteiger partial charge in [-0.15, -0.1) is 0 Å². The number of rotatable bonds is 3. The van der Waals surface area contributed by atoms with Crippen LogP contribution >= 0.6 is 11.6 Å². The molecular weight excluding hydrogens is 261 g/mol. The molecule has 0 spiro atoms. The molecule has 1 N–H and O–H groups in total. The molecule has 0 aliphatic heterocycles. The van der Waals surface area contributed by atoms with E-state index in [2.05, 4.69) is 31.3 Å². The molecule has 0 aliphatic rings. The smallest absolute Gasteiger partial charge is 0.124 e. The summed E-state index contributed by atoms with van der Waals surface area (Å²) in [6.07, 6.45) is 0. The zero-order valence-electron chi connectivity index (χ0n) is 11.3. The maximum Gasteiger partial charge on any atom is 0.124 e. The second-order valence-corrected chi connectivity index (χ2v) is 5.24. The monoisotopic (exact) mass is 277 g/mol. The minimum absolute atomic E-state index is 0.0233. The summed E-state index contributed by atoms with van der Waals surface area (Å²) >= 11 is 6.07. The van der Waals surface area contributed by atoms with Gasteiger partial charge < -0.3 is 5.32 Å². The lowest BCUT2D eigenvalue weighted by molar-refractivity contribution is 0.626. The molecule has 0 aliphatic carbocycles. The normalized spacial score (nSPS) is 12.3. The lowest BCUT2D eigenvalue weighted by Crippen LogP contribution is -2.07. The predicted molar refractivity (Wildman–Crippen MR) is 79.4 cm³/mol. The first-order valence-corrected chi connectivity index (χ1v) is 6.64. The highest BCUT2D eigenvalue weighted by molar-refractivity contribution is 6.31. The summed E-state index contributed by atoms with van der Waals surface area (Å²) in [6, 6.07) is 10.7. The van der Waals surface area contributed by atoms with Gasteiger partial charge in [0, 0.05) is 16.8 Å². The second-order valence-electron chi connectivity index (χ2n) is 4.83. The molecule has 0 radical (unpaired) electrons. The maximum absolute atomic E-state index is 13.0. The zero-order valence-corrected chi connectivity index (χ0v) is 12.1. The van der Waals surface area contributed by atoms with Crippen molar-refractivity contribution < 1.29 is 4.39 Å². The van der Waals surface area contributed by atoms with Gasteiger partial charge in [0.1, 0.15) is 5.82 Å². The second kappa shape index (κ2) is 5.62. The van der Waals surface area contributed by atoms with Crippen molar-refractivity contribution in [3.63, 3.8) is 0 Å². The maximum atomic E-state index is 13.0. The molecule has 0 heterocycles. The summed E-state index contributed by atoms with van der Waals surface area (Å²) < 4.78 is 13.0. The van der Waals surface area contributed by atoms with Crippen LogP contribution in [0.3, 0.4) is 0 Å². The quantitative estimate of drug-likeness (QED) is 0.806. The SMILES string of the molecule is Cc1ccc(NC(C)c2ccc(F)cc2Cl)cc1C. The number of hydrogen-bond donors (Lipinski definition) is 1. The molecule has 0 saturated heterocycles. The summed E-state index contributed by atoms with van der Waals surface area (Å²) in [5, 5.41) is 3.83. The molecule has 0 aromatic heterocycles. The molecule has 2 rings (SSSR count). The summed E-state index contributed by atoms with van der Waals surface area (Å²) in [7, 11) is 0. The molecule has 0 saturated carbocycles. The van der Waals surface area contributed by atoms with Crippen LogP contribution in [0.25, 0.3) is 0 Å². The number of halogens is 2. The summed E-state index contributed by atoms with van der Waals surface area (Å²) in [6.45, 7) is 6.17. The van der Waals surface area contributed by atoms with Crippen LogP contribution in [-0.2, 0) is 0 Å². The molecule has 1 unspecified atom stereocenters. The molecule has 0 bridgehead atoms. The molecule has 2 aromatic rings. The Morgan fingerprint density at radius 1 is 1.05 bits per heavy atom. The van der Waals surface area contributed by atoms with E-state index in [0.29, 0.717) is 5.02 Å². The average molecular weight is 278 g/mol. The van der Waals surface area contributed by atoms with Gasteiger partial charge in [-0.2, -0.15) is 0 Å². The number of benzene rings is 2. The Balaban J connectivity index is 2.20. The Morgan fingerprint density at radius 3 is 2.42 bits per heavy atom. The molecule has 1 atom stereocenters. The number of aryl methyl sites for hydroxylation is 2. The predicted octanol–water partition coefficient (Wildman–Crippen LogP) is 5.27. The number of hydrogen-bond acceptors (Lipinski definition) is 1. The van der Waals surface area contributed by atoms with E-state index in [1.807, 2.05) is 13.0 Å². The first kappa shape index (κ1) is 13.9. The summed E-state index contributed by atoms with van der Waals surface area (Å²) in [5.41, 5.74) is 4.43. The fourth-order valence-corrected chi connectivity index (χ4v) is 2.34. The molecule has 19 heavy (non-hydrogen) atoms. The van der Waals surface area contributed by atoms with Crippen LogP contribution in [0.5, 0.6) is 0 Å². The van der Waals surface area contributed by atoms with Crippen LogP contribution in [0.15, 0.2) is 36.4 Å². The zero-order chi connectivity index (χ0) is 14.0. The Labute approximate surface area is 118 Å². The third-order valence-corrected chi connectivity index (χ3v) is 3.65. The molecule has 0 fully saturated rings. The fourth-order valence-electron chi connectivity index (χ4n) is 2.01. The standard InChI is InChI=1S/C16H17ClFN/c1-10-4-6-14(8-11(10)2)19-12(3)15-7-5-13(18)9-16(15)17/h4-9,12,19H,1-3H3. The van der Waals surface area contributed by atoms with E-state index in [9.17, 15) is 4.39 Å². The molecular formula is C16H17ClFN. The van der Waals surface area contributed by atoms with Gasteiger partial charge in [-0.05, 0) is 61.7 Å². The van der Waals surface area contributed by atoms with Crippen molar-refractivity contribution in [3.05, 3.63) is 63.9 Å². The van der Waals surface area contributed by atoms with Gasteiger partial charge in [0.15, 0.2) is 0 Å². The van der Waals surface area contributed by atoms with Crippen molar-refractivity contribution in [2.75, 3.05) is 5.32 Å². The highest BCUT2D eigenvalue weighted by atomic mass is 35.5. The minimum Gasteiger partial charge on any atom is -0.378 e. The third kappa shape index (κ3) is 3.27. The van der Waals surface area contributed by atoms with Gasteiger partial charge in [-0.25, -0.2) is 4.39 Å². The van der Waals surface area contributed by atoms with Crippen LogP contribution in [0, 0.1) is 19.7 Å². The lowest BCUT2D eigenvalue weighted by Gasteiger charge is -2.18. The van der Waals surface area contributed by atoms with Crippen molar-refractivity contribution in [3.8, 4) is 0 Å². The molecule has 0 amide bonds. The van der Waals surface area contributed by atoms with Crippen LogP contribution in [-0.4, -0.2) is 0 Å². The van der Waals surface area contributed by atoms with E-state index in [0.717, 1.165) is 11.3 Å². The van der Waals surface area contributed by atoms with Gasteiger partial charge in [0.05, 0.1) is 0 Å². The summed E-state index contributed by atoms with van der Waals surface area (Å²) in [5.74, 6) is -0.313. The Kier molecular flexibility index (Phi) is 4.11. The molecule has 3 heteroatoms. The molecule has 1 nitrogen and oxygen atoms in total. The van der Waals surface area contributed by atoms with Crippen LogP contribution in [0.2, 0.25) is 5.02 Å². The van der Waals surface area contributed by atoms with Gasteiger partial charge in [0.25, 0.3) is 0 Å². The lowest BCUT2D eigenvalue weighted by atomic mass is 10.1. The van der Waals surface area contributed by atoms with Crippen molar-refractivity contribution in [1.82, 2.24) is 0 Å². The van der Waals surface area contributed by atoms with Gasteiger partial charge in [-0.1, -0.05) is 23.7 Å². The van der Waals surface area contributed by atoms with E-state index in [4.69, 9.17) is 11.6 Å². The number of anilines is 1. The van der Waals surface area contributed by atoms with Crippen molar-refractivity contribution in [2.45, 2.75) is 26.8 Å². The van der Waals surface area contributed by atoms with Gasteiger partial charge in [-0.3, -0.25) is 0 Å². The van der Waals surface area contributed by atoms with Gasteiger partial charge >= 0.3 is 0 Å². The number of nitrogens with one attached hydrogen (secondary N) is 1. The highest BCUT2D eigenvalue weighted by Gasteiger charge is 2.10. The highest BCUT2D eigenvalue weighted by Crippen LogP contribution is 2.27. The van der Waals surface area contributed by atoms with Crippen molar-refractivity contribution in [1.29, 1.82) is 0 Å². The average Bonchev–Trinajstić information content (AvgIpc) is 2.33. The van der Waals surface area contributed by atoms with E-state index in [1.165, 1.54) is 23.3 Å². The summed E-state index contributed by atoms with van der Waals surface area (Å²) in [4.78, 5) is 0. The fraction of sp³-hybridized carbons (Fsp3) is 0.250. The van der Waals surface area contributed by atoms with Crippen molar-refractivity contribution in [2.24, 2.45) is 0 Å².